The number of amides is 1. The van der Waals surface area contributed by atoms with Crippen LogP contribution in [0.15, 0.2) is 9.59 Å². The molecule has 1 aromatic rings. The Morgan fingerprint density at radius 1 is 1.15 bits per heavy atom. The van der Waals surface area contributed by atoms with E-state index in [1.807, 2.05) is 11.8 Å². The lowest BCUT2D eigenvalue weighted by atomic mass is 9.81. The SMILES string of the molecule is CCC(C)NC(=O)C1CCC(CNc2c(N3CCOCC3)c(=O)c2=O)CC1. The predicted molar refractivity (Wildman–Crippen MR) is 106 cm³/mol. The molecule has 150 valence electrons. The molecule has 3 rings (SSSR count). The summed E-state index contributed by atoms with van der Waals surface area (Å²) >= 11 is 0. The maximum Gasteiger partial charge on any atom is 0.253 e. The standard InChI is InChI=1S/C20H31N3O4/c1-3-13(2)22-20(26)15-6-4-14(5-7-15)12-21-16-17(19(25)18(16)24)23-8-10-27-11-9-23/h13-15,21H,3-12H2,1-2H3,(H,22,26). The zero-order valence-electron chi connectivity index (χ0n) is 16.4. The molecule has 0 bridgehead atoms. The third-order valence-electron chi connectivity index (χ3n) is 6.00. The van der Waals surface area contributed by atoms with Gasteiger partial charge in [-0.25, -0.2) is 0 Å². The summed E-state index contributed by atoms with van der Waals surface area (Å²) in [6, 6.07) is 0.226. The van der Waals surface area contributed by atoms with Gasteiger partial charge in [-0.15, -0.1) is 0 Å². The first-order chi connectivity index (χ1) is 13.0. The van der Waals surface area contributed by atoms with Gasteiger partial charge in [-0.2, -0.15) is 0 Å². The number of ether oxygens (including phenoxy) is 1. The first-order valence-corrected chi connectivity index (χ1v) is 10.2. The van der Waals surface area contributed by atoms with Crippen LogP contribution in [0.1, 0.15) is 46.0 Å². The molecule has 0 aromatic heterocycles. The number of carbonyl (C=O) groups excluding carboxylic acids is 1. The van der Waals surface area contributed by atoms with Gasteiger partial charge in [0.15, 0.2) is 0 Å². The van der Waals surface area contributed by atoms with Gasteiger partial charge in [0.1, 0.15) is 11.4 Å². The fourth-order valence-corrected chi connectivity index (χ4v) is 3.97. The van der Waals surface area contributed by atoms with Gasteiger partial charge in [0.25, 0.3) is 10.9 Å². The lowest BCUT2D eigenvalue weighted by molar-refractivity contribution is -0.126. The molecule has 1 aromatic carbocycles. The predicted octanol–water partition coefficient (Wildman–Crippen LogP) is 1.25. The van der Waals surface area contributed by atoms with E-state index in [0.29, 0.717) is 50.1 Å². The van der Waals surface area contributed by atoms with E-state index in [9.17, 15) is 14.4 Å². The number of hydrogen-bond acceptors (Lipinski definition) is 6. The molecule has 1 aliphatic heterocycles. The Kier molecular flexibility index (Phi) is 6.52. The molecular weight excluding hydrogens is 346 g/mol. The summed E-state index contributed by atoms with van der Waals surface area (Å²) in [5.41, 5.74) is 0.214. The van der Waals surface area contributed by atoms with E-state index in [0.717, 1.165) is 32.1 Å². The highest BCUT2D eigenvalue weighted by atomic mass is 16.5. The van der Waals surface area contributed by atoms with Crippen molar-refractivity contribution in [2.75, 3.05) is 43.1 Å². The van der Waals surface area contributed by atoms with Gasteiger partial charge in [0, 0.05) is 31.6 Å². The average Bonchev–Trinajstić information content (AvgIpc) is 2.71. The summed E-state index contributed by atoms with van der Waals surface area (Å²) in [7, 11) is 0. The average molecular weight is 377 g/mol. The van der Waals surface area contributed by atoms with Crippen molar-refractivity contribution in [3.63, 3.8) is 0 Å². The molecule has 27 heavy (non-hydrogen) atoms. The fraction of sp³-hybridized carbons (Fsp3) is 0.750. The van der Waals surface area contributed by atoms with Gasteiger partial charge in [0.05, 0.1) is 13.2 Å². The van der Waals surface area contributed by atoms with Crippen LogP contribution in [0.5, 0.6) is 0 Å². The summed E-state index contributed by atoms with van der Waals surface area (Å²) in [6.45, 7) is 7.25. The third kappa shape index (κ3) is 4.51. The third-order valence-corrected chi connectivity index (χ3v) is 6.00. The number of nitrogens with zero attached hydrogens (tertiary/aromatic N) is 1. The van der Waals surface area contributed by atoms with E-state index in [2.05, 4.69) is 17.6 Å². The van der Waals surface area contributed by atoms with E-state index >= 15 is 0 Å². The Bertz CT molecular complexity index is 711. The Hall–Kier alpha value is -1.89. The summed E-state index contributed by atoms with van der Waals surface area (Å²) in [4.78, 5) is 38.2. The molecule has 1 unspecified atom stereocenters. The van der Waals surface area contributed by atoms with Crippen LogP contribution >= 0.6 is 0 Å². The highest BCUT2D eigenvalue weighted by Gasteiger charge is 2.30. The molecule has 7 nitrogen and oxygen atoms in total. The van der Waals surface area contributed by atoms with Crippen LogP contribution in [-0.2, 0) is 9.53 Å². The Balaban J connectivity index is 1.48. The van der Waals surface area contributed by atoms with Crippen molar-refractivity contribution in [1.29, 1.82) is 0 Å². The molecule has 1 saturated heterocycles. The van der Waals surface area contributed by atoms with Crippen LogP contribution in [-0.4, -0.2) is 44.8 Å². The molecule has 0 spiro atoms. The highest BCUT2D eigenvalue weighted by molar-refractivity contribution is 5.79. The first-order valence-electron chi connectivity index (χ1n) is 10.2. The number of hydrogen-bond donors (Lipinski definition) is 2. The van der Waals surface area contributed by atoms with Crippen LogP contribution in [0.2, 0.25) is 0 Å². The maximum absolute atomic E-state index is 12.3. The molecule has 1 aliphatic carbocycles. The summed E-state index contributed by atoms with van der Waals surface area (Å²) < 4.78 is 5.32. The van der Waals surface area contributed by atoms with Crippen molar-refractivity contribution in [3.8, 4) is 0 Å². The Labute approximate surface area is 160 Å². The molecule has 2 N–H and O–H groups in total. The van der Waals surface area contributed by atoms with Gasteiger partial charge in [-0.05, 0) is 44.9 Å². The van der Waals surface area contributed by atoms with Gasteiger partial charge in [0.2, 0.25) is 5.91 Å². The van der Waals surface area contributed by atoms with Gasteiger partial charge < -0.3 is 20.3 Å². The molecule has 1 amide bonds. The smallest absolute Gasteiger partial charge is 0.253 e. The molecule has 2 aliphatic rings. The van der Waals surface area contributed by atoms with E-state index in [1.165, 1.54) is 0 Å². The van der Waals surface area contributed by atoms with Gasteiger partial charge in [-0.1, -0.05) is 6.92 Å². The van der Waals surface area contributed by atoms with E-state index in [4.69, 9.17) is 4.74 Å². The summed E-state index contributed by atoms with van der Waals surface area (Å²) in [5, 5.41) is 6.30. The number of rotatable bonds is 7. The monoisotopic (exact) mass is 377 g/mol. The Morgan fingerprint density at radius 2 is 1.81 bits per heavy atom. The molecule has 1 saturated carbocycles. The lowest BCUT2D eigenvalue weighted by Gasteiger charge is -2.32. The molecule has 0 radical (unpaired) electrons. The number of nitrogens with one attached hydrogen (secondary N) is 2. The normalized spacial score (nSPS) is 24.6. The van der Waals surface area contributed by atoms with Crippen LogP contribution in [0, 0.1) is 11.8 Å². The Morgan fingerprint density at radius 3 is 2.44 bits per heavy atom. The van der Waals surface area contributed by atoms with Crippen molar-refractivity contribution < 1.29 is 9.53 Å². The zero-order chi connectivity index (χ0) is 19.4. The van der Waals surface area contributed by atoms with Crippen LogP contribution in [0.25, 0.3) is 0 Å². The van der Waals surface area contributed by atoms with Gasteiger partial charge >= 0.3 is 0 Å². The second-order valence-electron chi connectivity index (χ2n) is 7.90. The largest absolute Gasteiger partial charge is 0.380 e. The summed E-state index contributed by atoms with van der Waals surface area (Å²) in [6.07, 6.45) is 4.65. The zero-order valence-corrected chi connectivity index (χ0v) is 16.4. The molecule has 1 heterocycles. The van der Waals surface area contributed by atoms with Crippen molar-refractivity contribution in [2.24, 2.45) is 11.8 Å². The topological polar surface area (TPSA) is 87.7 Å². The van der Waals surface area contributed by atoms with Crippen LogP contribution < -0.4 is 26.4 Å². The van der Waals surface area contributed by atoms with Crippen LogP contribution in [0.4, 0.5) is 11.4 Å². The maximum atomic E-state index is 12.3. The van der Waals surface area contributed by atoms with E-state index in [-0.39, 0.29) is 23.3 Å². The van der Waals surface area contributed by atoms with Crippen molar-refractivity contribution in [2.45, 2.75) is 52.0 Å². The second-order valence-corrected chi connectivity index (χ2v) is 7.90. The van der Waals surface area contributed by atoms with Crippen molar-refractivity contribution in [1.82, 2.24) is 5.32 Å². The second kappa shape index (κ2) is 8.87. The molecular formula is C20H31N3O4. The fourth-order valence-electron chi connectivity index (χ4n) is 3.97. The highest BCUT2D eigenvalue weighted by Crippen LogP contribution is 2.30. The quantitative estimate of drug-likeness (QED) is 0.696. The molecule has 2 fully saturated rings. The summed E-state index contributed by atoms with van der Waals surface area (Å²) in [5.74, 6) is 0.706. The van der Waals surface area contributed by atoms with Crippen LogP contribution in [0.3, 0.4) is 0 Å². The van der Waals surface area contributed by atoms with E-state index < -0.39 is 5.43 Å². The molecule has 1 atom stereocenters. The minimum Gasteiger partial charge on any atom is -0.380 e. The van der Waals surface area contributed by atoms with Crippen molar-refractivity contribution in [3.05, 3.63) is 20.4 Å². The minimum absolute atomic E-state index is 0.102. The number of morpholine rings is 1. The first kappa shape index (κ1) is 19.9. The number of carbonyl (C=O) groups is 1. The lowest BCUT2D eigenvalue weighted by Crippen LogP contribution is -2.47. The molecule has 7 heteroatoms. The van der Waals surface area contributed by atoms with Crippen molar-refractivity contribution >= 4 is 17.3 Å². The van der Waals surface area contributed by atoms with E-state index in [1.54, 1.807) is 0 Å². The number of anilines is 2. The van der Waals surface area contributed by atoms with Gasteiger partial charge in [-0.3, -0.25) is 14.4 Å². The minimum atomic E-state index is -0.405.